The maximum absolute atomic E-state index is 5.67. The van der Waals surface area contributed by atoms with E-state index < -0.39 is 0 Å². The maximum atomic E-state index is 5.67. The summed E-state index contributed by atoms with van der Waals surface area (Å²) < 4.78 is 33.5. The Morgan fingerprint density at radius 1 is 0.562 bits per heavy atom. The van der Waals surface area contributed by atoms with Crippen molar-refractivity contribution in [3.05, 3.63) is 124 Å². The summed E-state index contributed by atoms with van der Waals surface area (Å²) in [5.41, 5.74) is 3.26. The van der Waals surface area contributed by atoms with Crippen molar-refractivity contribution in [3.8, 4) is 23.1 Å². The Balaban J connectivity index is 0.000000146. The third-order valence-electron chi connectivity index (χ3n) is 7.55. The van der Waals surface area contributed by atoms with E-state index >= 15 is 0 Å². The van der Waals surface area contributed by atoms with Gasteiger partial charge >= 0.3 is 0 Å². The van der Waals surface area contributed by atoms with E-state index in [4.69, 9.17) is 17.7 Å². The van der Waals surface area contributed by atoms with Crippen molar-refractivity contribution in [2.24, 2.45) is 14.1 Å². The Morgan fingerprint density at radius 3 is 1.40 bits per heavy atom. The number of fused-ring (bicyclic) bond motifs is 4. The summed E-state index contributed by atoms with van der Waals surface area (Å²) in [5.74, 6) is 1.27. The molecule has 8 heterocycles. The van der Waals surface area contributed by atoms with Crippen LogP contribution in [0.3, 0.4) is 0 Å². The molecule has 0 unspecified atom stereocenters. The fourth-order valence-corrected chi connectivity index (χ4v) is 5.38. The summed E-state index contributed by atoms with van der Waals surface area (Å²) >= 11 is 0. The fourth-order valence-electron chi connectivity index (χ4n) is 5.38. The second kappa shape index (κ2) is 12.4. The van der Waals surface area contributed by atoms with E-state index in [9.17, 15) is 0 Å². The number of aromatic nitrogens is 8. The largest absolute Gasteiger partial charge is 0.503 e. The molecule has 0 saturated heterocycles. The van der Waals surface area contributed by atoms with Gasteiger partial charge in [-0.3, -0.25) is 0 Å². The van der Waals surface area contributed by atoms with Crippen molar-refractivity contribution < 1.29 is 68.9 Å². The minimum atomic E-state index is 0. The van der Waals surface area contributed by atoms with Crippen molar-refractivity contribution in [2.75, 3.05) is 0 Å². The first-order valence-corrected chi connectivity index (χ1v) is 14.0. The molecule has 2 aromatic carbocycles. The second-order valence-electron chi connectivity index (χ2n) is 10.6. The van der Waals surface area contributed by atoms with Crippen molar-refractivity contribution >= 4 is 43.5 Å². The van der Waals surface area contributed by atoms with E-state index in [0.29, 0.717) is 11.8 Å². The summed E-state index contributed by atoms with van der Waals surface area (Å²) in [6.45, 7) is 0. The standard InChI is InChI=1S/2C17H10N4O2.2Pt/c2*1-19-4-5-21(11-19)15-9-22-16-6-12-8-23-17(13(12)7-14(15)16)20-3-2-18-10-20;;/h2*2-6,8-9H,1H3;;/q2*-2;;. The van der Waals surface area contributed by atoms with Gasteiger partial charge in [-0.25, -0.2) is 0 Å². The third kappa shape index (κ3) is 5.27. The Bertz CT molecular complexity index is 2450. The molecule has 0 radical (unpaired) electrons. The first-order valence-electron chi connectivity index (χ1n) is 14.0. The molecule has 0 aliphatic heterocycles. The van der Waals surface area contributed by atoms with E-state index in [1.807, 2.05) is 69.3 Å². The van der Waals surface area contributed by atoms with Crippen LogP contribution in [-0.2, 0) is 56.2 Å². The van der Waals surface area contributed by atoms with Crippen LogP contribution in [0.15, 0.2) is 104 Å². The molecule has 0 saturated carbocycles. The molecule has 12 nitrogen and oxygen atoms in total. The number of nitrogens with zero attached hydrogens (tertiary/aromatic N) is 8. The van der Waals surface area contributed by atoms with E-state index in [1.165, 1.54) is 0 Å². The first-order chi connectivity index (χ1) is 22.6. The molecule has 48 heavy (non-hydrogen) atoms. The summed E-state index contributed by atoms with van der Waals surface area (Å²) in [7, 11) is 3.84. The minimum absolute atomic E-state index is 0. The van der Waals surface area contributed by atoms with E-state index in [1.54, 1.807) is 59.0 Å². The van der Waals surface area contributed by atoms with Crippen LogP contribution in [0.25, 0.3) is 66.6 Å². The van der Waals surface area contributed by atoms with Gasteiger partial charge in [0.2, 0.25) is 12.7 Å². The molecule has 244 valence electrons. The zero-order chi connectivity index (χ0) is 30.8. The Morgan fingerprint density at radius 2 is 1.02 bits per heavy atom. The van der Waals surface area contributed by atoms with Crippen LogP contribution in [-0.4, -0.2) is 28.2 Å². The molecule has 14 heteroatoms. The monoisotopic (exact) mass is 994 g/mol. The smallest absolute Gasteiger partial charge is 0.244 e. The van der Waals surface area contributed by atoms with Crippen LogP contribution < -0.4 is 9.13 Å². The quantitative estimate of drug-likeness (QED) is 0.186. The van der Waals surface area contributed by atoms with Gasteiger partial charge in [-0.05, 0) is 21.5 Å². The molecule has 0 atom stereocenters. The van der Waals surface area contributed by atoms with Crippen molar-refractivity contribution in [1.29, 1.82) is 0 Å². The third-order valence-corrected chi connectivity index (χ3v) is 7.55. The average Bonchev–Trinajstić information content (AvgIpc) is 3.89. The SMILES string of the molecule is C[n+]1[c-]n(-c2coc3cc4coc(-n5[c-]ncc5)c4[c-]c23)cc1.C[n+]1[c-]n(-c2coc3cc4coc(-n5[c-]ncc5)c4[c-]c23)cc1.[Pt].[Pt]. The number of aryl methyl sites for hydroxylation is 2. The van der Waals surface area contributed by atoms with Crippen LogP contribution in [0.4, 0.5) is 0 Å². The van der Waals surface area contributed by atoms with Gasteiger partial charge < -0.3 is 55.0 Å². The Labute approximate surface area is 300 Å². The summed E-state index contributed by atoms with van der Waals surface area (Å²) in [6, 6.07) is 10.7. The number of imidazole rings is 4. The molecule has 0 fully saturated rings. The molecule has 0 spiro atoms. The van der Waals surface area contributed by atoms with Crippen molar-refractivity contribution in [1.82, 2.24) is 28.2 Å². The fraction of sp³-hybridized carbons (Fsp3) is 0.0588. The molecule has 0 aliphatic rings. The van der Waals surface area contributed by atoms with Gasteiger partial charge in [-0.1, -0.05) is 47.7 Å². The van der Waals surface area contributed by atoms with Gasteiger partial charge in [-0.2, -0.15) is 0 Å². The molecule has 0 amide bonds. The van der Waals surface area contributed by atoms with Crippen molar-refractivity contribution in [2.45, 2.75) is 0 Å². The van der Waals surface area contributed by atoms with E-state index in [2.05, 4.69) is 47.4 Å². The number of rotatable bonds is 4. The predicted octanol–water partition coefficient (Wildman–Crippen LogP) is 4.76. The van der Waals surface area contributed by atoms with Gasteiger partial charge in [0.05, 0.1) is 61.7 Å². The maximum Gasteiger partial charge on any atom is 0.244 e. The van der Waals surface area contributed by atoms with Crippen LogP contribution in [0, 0.1) is 37.4 Å². The van der Waals surface area contributed by atoms with Gasteiger partial charge in [0, 0.05) is 79.6 Å². The van der Waals surface area contributed by atoms with E-state index in [0.717, 1.165) is 54.9 Å². The molecular formula is C34H20N8O4Pt2-4. The topological polar surface area (TPSA) is 106 Å². The second-order valence-corrected chi connectivity index (χ2v) is 10.6. The summed E-state index contributed by atoms with van der Waals surface area (Å²) in [6.07, 6.45) is 33.3. The van der Waals surface area contributed by atoms with Crippen LogP contribution in [0.5, 0.6) is 0 Å². The Hall–Kier alpha value is -5.18. The molecule has 10 aromatic rings. The predicted molar refractivity (Wildman–Crippen MR) is 160 cm³/mol. The van der Waals surface area contributed by atoms with Crippen LogP contribution in [0.1, 0.15) is 0 Å². The van der Waals surface area contributed by atoms with Gasteiger partial charge in [0.15, 0.2) is 0 Å². The normalized spacial score (nSPS) is 11.2. The van der Waals surface area contributed by atoms with Gasteiger partial charge in [0.25, 0.3) is 0 Å². The van der Waals surface area contributed by atoms with Crippen LogP contribution in [0.2, 0.25) is 0 Å². The number of hydrogen-bond acceptors (Lipinski definition) is 6. The van der Waals surface area contributed by atoms with Gasteiger partial charge in [0.1, 0.15) is 11.8 Å². The summed E-state index contributed by atoms with van der Waals surface area (Å²) in [5, 5.41) is 5.27. The summed E-state index contributed by atoms with van der Waals surface area (Å²) in [4.78, 5) is 7.88. The first kappa shape index (κ1) is 31.4. The Kier molecular flexibility index (Phi) is 8.15. The zero-order valence-corrected chi connectivity index (χ0v) is 29.5. The number of hydrogen-bond donors (Lipinski definition) is 0. The molecule has 0 bridgehead atoms. The number of furan rings is 4. The molecule has 10 rings (SSSR count). The average molecular weight is 995 g/mol. The number of benzene rings is 2. The van der Waals surface area contributed by atoms with Crippen LogP contribution >= 0.6 is 0 Å². The van der Waals surface area contributed by atoms with E-state index in [-0.39, 0.29) is 42.1 Å². The zero-order valence-electron chi connectivity index (χ0n) is 24.9. The molecule has 0 N–H and O–H groups in total. The van der Waals surface area contributed by atoms with Gasteiger partial charge in [-0.15, -0.1) is 12.1 Å². The molecule has 8 aromatic heterocycles. The van der Waals surface area contributed by atoms with Crippen molar-refractivity contribution in [3.63, 3.8) is 0 Å². The molecular weight excluding hydrogens is 975 g/mol. The molecule has 0 aliphatic carbocycles. The minimum Gasteiger partial charge on any atom is -0.503 e.